The van der Waals surface area contributed by atoms with Gasteiger partial charge in [-0.25, -0.2) is 8.78 Å². The maximum Gasteiger partial charge on any atom is 0.149 e. The van der Waals surface area contributed by atoms with E-state index in [1.54, 1.807) is 11.3 Å². The van der Waals surface area contributed by atoms with Gasteiger partial charge in [0.1, 0.15) is 17.3 Å². The second kappa shape index (κ2) is 6.12. The summed E-state index contributed by atoms with van der Waals surface area (Å²) in [7, 11) is 0. The molecule has 21 heavy (non-hydrogen) atoms. The second-order valence-corrected chi connectivity index (χ2v) is 6.22. The fraction of sp³-hybridized carbons (Fsp3) is 0.375. The number of rotatable bonds is 6. The number of hydrogen-bond acceptors (Lipinski definition) is 3. The molecular formula is C16H18F2N2S. The summed E-state index contributed by atoms with van der Waals surface area (Å²) in [4.78, 5) is 1.86. The van der Waals surface area contributed by atoms with E-state index in [0.29, 0.717) is 25.1 Å². The molecule has 0 unspecified atom stereocenters. The van der Waals surface area contributed by atoms with Crippen LogP contribution in [0.15, 0.2) is 29.0 Å². The van der Waals surface area contributed by atoms with Crippen molar-refractivity contribution in [2.24, 2.45) is 5.73 Å². The first-order chi connectivity index (χ1) is 10.2. The van der Waals surface area contributed by atoms with E-state index < -0.39 is 11.6 Å². The Kier molecular flexibility index (Phi) is 4.22. The summed E-state index contributed by atoms with van der Waals surface area (Å²) in [6.45, 7) is 0.942. The summed E-state index contributed by atoms with van der Waals surface area (Å²) in [5, 5.41) is 4.01. The summed E-state index contributed by atoms with van der Waals surface area (Å²) >= 11 is 1.60. The molecule has 112 valence electrons. The van der Waals surface area contributed by atoms with Crippen molar-refractivity contribution in [1.82, 2.24) is 0 Å². The van der Waals surface area contributed by atoms with Crippen LogP contribution < -0.4 is 10.6 Å². The molecule has 0 radical (unpaired) electrons. The van der Waals surface area contributed by atoms with E-state index in [1.807, 2.05) is 21.7 Å². The summed E-state index contributed by atoms with van der Waals surface area (Å²) < 4.78 is 28.8. The minimum atomic E-state index is -0.486. The monoisotopic (exact) mass is 308 g/mol. The third-order valence-electron chi connectivity index (χ3n) is 3.72. The van der Waals surface area contributed by atoms with Crippen LogP contribution in [-0.2, 0) is 13.0 Å². The van der Waals surface area contributed by atoms with Gasteiger partial charge in [-0.05, 0) is 65.9 Å². The highest BCUT2D eigenvalue weighted by Gasteiger charge is 2.32. The van der Waals surface area contributed by atoms with Crippen LogP contribution in [0.2, 0.25) is 0 Å². The van der Waals surface area contributed by atoms with Crippen LogP contribution in [0, 0.1) is 11.6 Å². The average molecular weight is 308 g/mol. The van der Waals surface area contributed by atoms with E-state index in [-0.39, 0.29) is 11.7 Å². The molecule has 1 fully saturated rings. The number of benzene rings is 1. The maximum atomic E-state index is 14.4. The van der Waals surface area contributed by atoms with Crippen LogP contribution >= 0.6 is 11.3 Å². The molecule has 1 saturated carbocycles. The van der Waals surface area contributed by atoms with Crippen molar-refractivity contribution in [3.8, 4) is 0 Å². The van der Waals surface area contributed by atoms with Crippen molar-refractivity contribution in [2.45, 2.75) is 31.8 Å². The third kappa shape index (κ3) is 3.24. The summed E-state index contributed by atoms with van der Waals surface area (Å²) in [6, 6.07) is 5.07. The molecule has 3 rings (SSSR count). The maximum absolute atomic E-state index is 14.4. The van der Waals surface area contributed by atoms with Crippen LogP contribution in [0.3, 0.4) is 0 Å². The van der Waals surface area contributed by atoms with Crippen LogP contribution in [0.5, 0.6) is 0 Å². The average Bonchev–Trinajstić information content (AvgIpc) is 3.15. The SMILES string of the molecule is NCCc1cc(F)c(N(Cc2ccsc2)C2CC2)c(F)c1. The topological polar surface area (TPSA) is 29.3 Å². The Hall–Kier alpha value is -1.46. The molecule has 2 nitrogen and oxygen atoms in total. The number of anilines is 1. The minimum absolute atomic E-state index is 0.101. The number of nitrogens with zero attached hydrogens (tertiary/aromatic N) is 1. The summed E-state index contributed by atoms with van der Waals surface area (Å²) in [5.41, 5.74) is 7.26. The molecule has 1 heterocycles. The van der Waals surface area contributed by atoms with Gasteiger partial charge in [0.05, 0.1) is 0 Å². The lowest BCUT2D eigenvalue weighted by Gasteiger charge is -2.25. The normalized spacial score (nSPS) is 14.4. The lowest BCUT2D eigenvalue weighted by atomic mass is 10.1. The lowest BCUT2D eigenvalue weighted by molar-refractivity contribution is 0.564. The van der Waals surface area contributed by atoms with E-state index in [1.165, 1.54) is 12.1 Å². The van der Waals surface area contributed by atoms with Crippen LogP contribution in [-0.4, -0.2) is 12.6 Å². The fourth-order valence-electron chi connectivity index (χ4n) is 2.56. The molecule has 2 aromatic rings. The van der Waals surface area contributed by atoms with Crippen LogP contribution in [0.25, 0.3) is 0 Å². The molecule has 5 heteroatoms. The Balaban J connectivity index is 1.92. The van der Waals surface area contributed by atoms with E-state index in [4.69, 9.17) is 5.73 Å². The first-order valence-electron chi connectivity index (χ1n) is 7.14. The van der Waals surface area contributed by atoms with Crippen molar-refractivity contribution in [2.75, 3.05) is 11.4 Å². The summed E-state index contributed by atoms with van der Waals surface area (Å²) in [6.07, 6.45) is 2.48. The Labute approximate surface area is 127 Å². The molecule has 1 aliphatic rings. The predicted octanol–water partition coefficient (Wildman–Crippen LogP) is 3.70. The van der Waals surface area contributed by atoms with E-state index in [9.17, 15) is 8.78 Å². The van der Waals surface area contributed by atoms with Crippen molar-refractivity contribution in [1.29, 1.82) is 0 Å². The van der Waals surface area contributed by atoms with Crippen molar-refractivity contribution >= 4 is 17.0 Å². The first-order valence-corrected chi connectivity index (χ1v) is 8.09. The Bertz CT molecular complexity index is 586. The number of nitrogens with two attached hydrogens (primary N) is 1. The molecule has 0 saturated heterocycles. The predicted molar refractivity (Wildman–Crippen MR) is 82.6 cm³/mol. The molecule has 0 spiro atoms. The zero-order valence-corrected chi connectivity index (χ0v) is 12.5. The third-order valence-corrected chi connectivity index (χ3v) is 4.45. The standard InChI is InChI=1S/C16H18F2N2S/c17-14-7-11(3-5-19)8-15(18)16(14)20(13-1-2-13)9-12-4-6-21-10-12/h4,6-8,10,13H,1-3,5,9,19H2. The van der Waals surface area contributed by atoms with Gasteiger partial charge in [-0.15, -0.1) is 0 Å². The molecule has 1 aromatic carbocycles. The zero-order chi connectivity index (χ0) is 14.8. The lowest BCUT2D eigenvalue weighted by Crippen LogP contribution is -2.27. The zero-order valence-electron chi connectivity index (χ0n) is 11.7. The Morgan fingerprint density at radius 3 is 2.43 bits per heavy atom. The molecule has 1 aromatic heterocycles. The second-order valence-electron chi connectivity index (χ2n) is 5.44. The molecule has 0 bridgehead atoms. The number of halogens is 2. The van der Waals surface area contributed by atoms with Gasteiger partial charge in [0.2, 0.25) is 0 Å². The van der Waals surface area contributed by atoms with Crippen molar-refractivity contribution in [3.05, 3.63) is 51.7 Å². The van der Waals surface area contributed by atoms with Gasteiger partial charge in [-0.2, -0.15) is 11.3 Å². The van der Waals surface area contributed by atoms with Crippen LogP contribution in [0.4, 0.5) is 14.5 Å². The van der Waals surface area contributed by atoms with Crippen molar-refractivity contribution < 1.29 is 8.78 Å². The van der Waals surface area contributed by atoms with Gasteiger partial charge in [0, 0.05) is 12.6 Å². The first kappa shape index (κ1) is 14.5. The molecule has 2 N–H and O–H groups in total. The fourth-order valence-corrected chi connectivity index (χ4v) is 3.22. The highest BCUT2D eigenvalue weighted by atomic mass is 32.1. The van der Waals surface area contributed by atoms with Gasteiger partial charge >= 0.3 is 0 Å². The molecule has 0 amide bonds. The van der Waals surface area contributed by atoms with Gasteiger partial charge in [0.25, 0.3) is 0 Å². The quantitative estimate of drug-likeness (QED) is 0.882. The van der Waals surface area contributed by atoms with Crippen LogP contribution in [0.1, 0.15) is 24.0 Å². The number of hydrogen-bond donors (Lipinski definition) is 1. The molecule has 0 atom stereocenters. The van der Waals surface area contributed by atoms with E-state index in [0.717, 1.165) is 18.4 Å². The molecule has 0 aliphatic heterocycles. The van der Waals surface area contributed by atoms with Gasteiger partial charge in [-0.3, -0.25) is 0 Å². The smallest absolute Gasteiger partial charge is 0.149 e. The van der Waals surface area contributed by atoms with E-state index in [2.05, 4.69) is 0 Å². The van der Waals surface area contributed by atoms with E-state index >= 15 is 0 Å². The highest BCUT2D eigenvalue weighted by molar-refractivity contribution is 7.07. The Morgan fingerprint density at radius 2 is 1.90 bits per heavy atom. The largest absolute Gasteiger partial charge is 0.359 e. The molecular weight excluding hydrogens is 290 g/mol. The van der Waals surface area contributed by atoms with Crippen molar-refractivity contribution in [3.63, 3.8) is 0 Å². The number of thiophene rings is 1. The molecule has 1 aliphatic carbocycles. The van der Waals surface area contributed by atoms with Gasteiger partial charge in [0.15, 0.2) is 0 Å². The van der Waals surface area contributed by atoms with Gasteiger partial charge < -0.3 is 10.6 Å². The highest BCUT2D eigenvalue weighted by Crippen LogP contribution is 2.36. The minimum Gasteiger partial charge on any atom is -0.359 e. The Morgan fingerprint density at radius 1 is 1.19 bits per heavy atom. The van der Waals surface area contributed by atoms with Gasteiger partial charge in [-0.1, -0.05) is 0 Å². The summed E-state index contributed by atoms with van der Waals surface area (Å²) in [5.74, 6) is -0.971.